The van der Waals surface area contributed by atoms with Crippen LogP contribution in [0.4, 0.5) is 0 Å². The summed E-state index contributed by atoms with van der Waals surface area (Å²) in [5.41, 5.74) is 0.631. The number of ether oxygens (including phenoxy) is 1. The molecule has 0 atom stereocenters. The standard InChI is InChI=1S/C19H20N4O4/c1-5-27-19(26)13-10-12-15(22(4)16(13)21-17(24)11(2)3)20-14-8-6-7-9-23(14)18(12)25/h6-11H,5H2,1-4H3. The molecule has 0 spiro atoms. The molecule has 0 aliphatic heterocycles. The molecule has 0 N–H and O–H groups in total. The van der Waals surface area contributed by atoms with Crippen LogP contribution in [0.2, 0.25) is 0 Å². The summed E-state index contributed by atoms with van der Waals surface area (Å²) in [7, 11) is 1.61. The van der Waals surface area contributed by atoms with E-state index in [2.05, 4.69) is 9.98 Å². The van der Waals surface area contributed by atoms with Gasteiger partial charge < -0.3 is 9.30 Å². The van der Waals surface area contributed by atoms with E-state index in [-0.39, 0.29) is 40.4 Å². The zero-order chi connectivity index (χ0) is 19.7. The van der Waals surface area contributed by atoms with Crippen LogP contribution in [0.15, 0.2) is 40.2 Å². The second-order valence-corrected chi connectivity index (χ2v) is 6.35. The molecular weight excluding hydrogens is 348 g/mol. The van der Waals surface area contributed by atoms with Gasteiger partial charge in [0.1, 0.15) is 16.9 Å². The van der Waals surface area contributed by atoms with Gasteiger partial charge in [-0.15, -0.1) is 0 Å². The lowest BCUT2D eigenvalue weighted by atomic mass is 10.2. The van der Waals surface area contributed by atoms with Crippen molar-refractivity contribution in [2.45, 2.75) is 20.8 Å². The first-order chi connectivity index (χ1) is 12.8. The van der Waals surface area contributed by atoms with Crippen molar-refractivity contribution in [1.29, 1.82) is 0 Å². The fourth-order valence-corrected chi connectivity index (χ4v) is 2.69. The van der Waals surface area contributed by atoms with Gasteiger partial charge in [-0.3, -0.25) is 14.0 Å². The van der Waals surface area contributed by atoms with Crippen molar-refractivity contribution >= 4 is 28.6 Å². The van der Waals surface area contributed by atoms with Crippen LogP contribution in [-0.2, 0) is 16.6 Å². The summed E-state index contributed by atoms with van der Waals surface area (Å²) in [5.74, 6) is -1.37. The second-order valence-electron chi connectivity index (χ2n) is 6.35. The van der Waals surface area contributed by atoms with Gasteiger partial charge in [-0.2, -0.15) is 4.99 Å². The highest BCUT2D eigenvalue weighted by atomic mass is 16.5. The van der Waals surface area contributed by atoms with Gasteiger partial charge >= 0.3 is 5.97 Å². The largest absolute Gasteiger partial charge is 0.462 e. The van der Waals surface area contributed by atoms with Gasteiger partial charge in [0.2, 0.25) is 5.91 Å². The Labute approximate surface area is 154 Å². The van der Waals surface area contributed by atoms with Crippen LogP contribution in [0.25, 0.3) is 16.7 Å². The molecule has 0 aromatic carbocycles. The van der Waals surface area contributed by atoms with Gasteiger partial charge in [-0.1, -0.05) is 19.9 Å². The Morgan fingerprint density at radius 1 is 1.30 bits per heavy atom. The normalized spacial score (nSPS) is 12.1. The second kappa shape index (κ2) is 7.14. The van der Waals surface area contributed by atoms with Crippen molar-refractivity contribution in [2.75, 3.05) is 6.61 Å². The highest BCUT2D eigenvalue weighted by molar-refractivity contribution is 5.93. The van der Waals surface area contributed by atoms with Crippen LogP contribution in [0, 0.1) is 5.92 Å². The van der Waals surface area contributed by atoms with E-state index >= 15 is 0 Å². The van der Waals surface area contributed by atoms with Gasteiger partial charge in [0, 0.05) is 19.2 Å². The number of rotatable bonds is 3. The summed E-state index contributed by atoms with van der Waals surface area (Å²) in [5, 5.41) is 0.236. The van der Waals surface area contributed by atoms with E-state index < -0.39 is 5.97 Å². The molecule has 27 heavy (non-hydrogen) atoms. The first-order valence-electron chi connectivity index (χ1n) is 8.62. The number of esters is 1. The molecule has 8 heteroatoms. The van der Waals surface area contributed by atoms with Crippen molar-refractivity contribution in [3.8, 4) is 0 Å². The minimum absolute atomic E-state index is 0.0515. The molecular formula is C19H20N4O4. The van der Waals surface area contributed by atoms with Crippen molar-refractivity contribution in [3.63, 3.8) is 0 Å². The van der Waals surface area contributed by atoms with Crippen molar-refractivity contribution in [1.82, 2.24) is 14.0 Å². The van der Waals surface area contributed by atoms with Gasteiger partial charge in [0.25, 0.3) is 5.56 Å². The lowest BCUT2D eigenvalue weighted by molar-refractivity contribution is -0.120. The highest BCUT2D eigenvalue weighted by Crippen LogP contribution is 2.10. The molecule has 3 aromatic rings. The average molecular weight is 368 g/mol. The fourth-order valence-electron chi connectivity index (χ4n) is 2.69. The van der Waals surface area contributed by atoms with Gasteiger partial charge in [0.05, 0.1) is 12.0 Å². The molecule has 0 bridgehead atoms. The van der Waals surface area contributed by atoms with Crippen LogP contribution in [0.5, 0.6) is 0 Å². The van der Waals surface area contributed by atoms with E-state index in [0.717, 1.165) is 0 Å². The molecule has 0 saturated carbocycles. The van der Waals surface area contributed by atoms with Crippen LogP contribution in [0.1, 0.15) is 31.1 Å². The third-order valence-electron chi connectivity index (χ3n) is 4.12. The van der Waals surface area contributed by atoms with E-state index in [1.165, 1.54) is 15.0 Å². The fraction of sp³-hybridized carbons (Fsp3) is 0.316. The lowest BCUT2D eigenvalue weighted by Crippen LogP contribution is -2.31. The summed E-state index contributed by atoms with van der Waals surface area (Å²) in [6.45, 7) is 5.27. The molecule has 140 valence electrons. The smallest absolute Gasteiger partial charge is 0.341 e. The van der Waals surface area contributed by atoms with E-state index in [1.54, 1.807) is 52.2 Å². The number of pyridine rings is 2. The minimum Gasteiger partial charge on any atom is -0.462 e. The molecule has 0 unspecified atom stereocenters. The number of aromatic nitrogens is 3. The third-order valence-corrected chi connectivity index (χ3v) is 4.12. The highest BCUT2D eigenvalue weighted by Gasteiger charge is 2.18. The number of aryl methyl sites for hydroxylation is 1. The van der Waals surface area contributed by atoms with Crippen LogP contribution in [-0.4, -0.2) is 32.4 Å². The number of hydrogen-bond acceptors (Lipinski definition) is 5. The van der Waals surface area contributed by atoms with Gasteiger partial charge in [0.15, 0.2) is 5.49 Å². The molecule has 0 aliphatic carbocycles. The Kier molecular flexibility index (Phi) is 4.89. The van der Waals surface area contributed by atoms with E-state index in [9.17, 15) is 14.4 Å². The van der Waals surface area contributed by atoms with Gasteiger partial charge in [-0.25, -0.2) is 9.78 Å². The molecule has 0 radical (unpaired) electrons. The molecule has 8 nitrogen and oxygen atoms in total. The number of carbonyl (C=O) groups excluding carboxylic acids is 2. The quantitative estimate of drug-likeness (QED) is 0.515. The third kappa shape index (κ3) is 3.25. The monoisotopic (exact) mass is 368 g/mol. The van der Waals surface area contributed by atoms with E-state index in [4.69, 9.17) is 4.74 Å². The molecule has 0 saturated heterocycles. The molecule has 0 fully saturated rings. The van der Waals surface area contributed by atoms with Crippen molar-refractivity contribution in [3.05, 3.63) is 51.9 Å². The predicted molar refractivity (Wildman–Crippen MR) is 99.3 cm³/mol. The predicted octanol–water partition coefficient (Wildman–Crippen LogP) is 1.45. The number of carbonyl (C=O) groups is 2. The topological polar surface area (TPSA) is 95.0 Å². The Morgan fingerprint density at radius 2 is 2.04 bits per heavy atom. The summed E-state index contributed by atoms with van der Waals surface area (Å²) < 4.78 is 7.97. The Hall–Kier alpha value is -3.29. The average Bonchev–Trinajstić information content (AvgIpc) is 2.64. The molecule has 3 heterocycles. The van der Waals surface area contributed by atoms with Crippen LogP contribution in [0.3, 0.4) is 0 Å². The summed E-state index contributed by atoms with van der Waals surface area (Å²) in [4.78, 5) is 46.1. The first kappa shape index (κ1) is 18.5. The van der Waals surface area contributed by atoms with Crippen LogP contribution >= 0.6 is 0 Å². The van der Waals surface area contributed by atoms with E-state index in [0.29, 0.717) is 11.3 Å². The minimum atomic E-state index is -0.650. The van der Waals surface area contributed by atoms with Crippen molar-refractivity contribution in [2.24, 2.45) is 18.0 Å². The maximum Gasteiger partial charge on any atom is 0.341 e. The lowest BCUT2D eigenvalue weighted by Gasteiger charge is -2.11. The number of hydrogen-bond donors (Lipinski definition) is 0. The Balaban J connectivity index is 2.48. The number of nitrogens with zero attached hydrogens (tertiary/aromatic N) is 4. The van der Waals surface area contributed by atoms with Gasteiger partial charge in [-0.05, 0) is 25.1 Å². The first-order valence-corrected chi connectivity index (χ1v) is 8.62. The molecule has 3 rings (SSSR count). The molecule has 3 aromatic heterocycles. The summed E-state index contributed by atoms with van der Waals surface area (Å²) >= 11 is 0. The Bertz CT molecular complexity index is 1190. The Morgan fingerprint density at radius 3 is 2.70 bits per heavy atom. The molecule has 1 amide bonds. The maximum atomic E-state index is 12.9. The SMILES string of the molecule is CCOC(=O)c1cc2c(=O)n3ccccc3nc2n(C)c1=NC(=O)C(C)C. The zero-order valence-corrected chi connectivity index (χ0v) is 15.6. The van der Waals surface area contributed by atoms with Crippen LogP contribution < -0.4 is 11.0 Å². The van der Waals surface area contributed by atoms with Crippen molar-refractivity contribution < 1.29 is 14.3 Å². The summed E-state index contributed by atoms with van der Waals surface area (Å²) in [6.07, 6.45) is 1.61. The summed E-state index contributed by atoms with van der Waals surface area (Å²) in [6, 6.07) is 6.60. The number of amides is 1. The van der Waals surface area contributed by atoms with E-state index in [1.807, 2.05) is 0 Å². The number of fused-ring (bicyclic) bond motifs is 2. The zero-order valence-electron chi connectivity index (χ0n) is 15.6. The molecule has 0 aliphatic rings. The maximum absolute atomic E-state index is 12.9.